The number of hydrogen-bond acceptors (Lipinski definition) is 3. The van der Waals surface area contributed by atoms with Gasteiger partial charge < -0.3 is 4.90 Å². The Morgan fingerprint density at radius 3 is 2.63 bits per heavy atom. The highest BCUT2D eigenvalue weighted by atomic mass is 35.7. The average molecular weight is 302 g/mol. The molecule has 0 spiro atoms. The third-order valence-electron chi connectivity index (χ3n) is 3.44. The van der Waals surface area contributed by atoms with Crippen molar-refractivity contribution in [2.24, 2.45) is 0 Å². The van der Waals surface area contributed by atoms with Gasteiger partial charge in [0.05, 0.1) is 0 Å². The molecule has 0 bridgehead atoms. The number of nitrogens with zero attached hydrogens (tertiary/aromatic N) is 1. The van der Waals surface area contributed by atoms with Gasteiger partial charge in [-0.2, -0.15) is 0 Å². The topological polar surface area (TPSA) is 54.5 Å². The van der Waals surface area contributed by atoms with Crippen LogP contribution in [0.4, 0.5) is 0 Å². The molecule has 1 aliphatic rings. The van der Waals surface area contributed by atoms with E-state index in [-0.39, 0.29) is 18.9 Å². The number of hydrogen-bond donors (Lipinski definition) is 0. The summed E-state index contributed by atoms with van der Waals surface area (Å²) in [5, 5.41) is -0.785. The first-order chi connectivity index (χ1) is 8.77. The van der Waals surface area contributed by atoms with Crippen molar-refractivity contribution in [2.75, 3.05) is 6.54 Å². The average Bonchev–Trinajstić information content (AvgIpc) is 2.65. The van der Waals surface area contributed by atoms with Crippen LogP contribution < -0.4 is 0 Å². The highest BCUT2D eigenvalue weighted by Crippen LogP contribution is 2.24. The number of likely N-dealkylation sites (tertiary alicyclic amines) is 1. The lowest BCUT2D eigenvalue weighted by Crippen LogP contribution is -2.27. The van der Waals surface area contributed by atoms with E-state index in [0.717, 1.165) is 16.7 Å². The van der Waals surface area contributed by atoms with E-state index in [9.17, 15) is 13.2 Å². The molecule has 1 amide bonds. The number of benzene rings is 1. The first-order valence-electron chi connectivity index (χ1n) is 6.05. The number of carbonyl (C=O) groups excluding carboxylic acids is 1. The number of carbonyl (C=O) groups is 1. The second-order valence-corrected chi connectivity index (χ2v) is 7.91. The van der Waals surface area contributed by atoms with Crippen LogP contribution in [-0.2, 0) is 20.4 Å². The molecule has 1 fully saturated rings. The van der Waals surface area contributed by atoms with Crippen molar-refractivity contribution < 1.29 is 13.2 Å². The minimum Gasteiger partial charge on any atom is -0.337 e. The standard InChI is InChI=1S/C13H16ClNO3S/c1-9-3-4-10(2)11(5-9)7-15-8-12(6-13(15)16)19(14,17)18/h3-5,12H,6-8H2,1-2H3. The summed E-state index contributed by atoms with van der Waals surface area (Å²) in [6.07, 6.45) is -0.0172. The van der Waals surface area contributed by atoms with Gasteiger partial charge in [0, 0.05) is 30.2 Å². The van der Waals surface area contributed by atoms with E-state index < -0.39 is 14.3 Å². The summed E-state index contributed by atoms with van der Waals surface area (Å²) in [6, 6.07) is 6.03. The number of halogens is 1. The molecule has 0 aromatic heterocycles. The van der Waals surface area contributed by atoms with Gasteiger partial charge in [-0.25, -0.2) is 8.42 Å². The fraction of sp³-hybridized carbons (Fsp3) is 0.462. The summed E-state index contributed by atoms with van der Waals surface area (Å²) in [7, 11) is 1.65. The molecule has 104 valence electrons. The van der Waals surface area contributed by atoms with Crippen LogP contribution in [0.25, 0.3) is 0 Å². The first kappa shape index (κ1) is 14.3. The van der Waals surface area contributed by atoms with Crippen molar-refractivity contribution in [2.45, 2.75) is 32.1 Å². The summed E-state index contributed by atoms with van der Waals surface area (Å²) in [4.78, 5) is 13.4. The Kier molecular flexibility index (Phi) is 3.87. The van der Waals surface area contributed by atoms with Crippen molar-refractivity contribution in [1.82, 2.24) is 4.90 Å². The lowest BCUT2D eigenvalue weighted by Gasteiger charge is -2.18. The molecule has 1 unspecified atom stereocenters. The highest BCUT2D eigenvalue weighted by Gasteiger charge is 2.37. The molecular formula is C13H16ClNO3S. The van der Waals surface area contributed by atoms with Crippen molar-refractivity contribution in [3.63, 3.8) is 0 Å². The predicted octanol–water partition coefficient (Wildman–Crippen LogP) is 1.97. The Bertz CT molecular complexity index is 612. The number of rotatable bonds is 3. The SMILES string of the molecule is Cc1ccc(C)c(CN2CC(S(=O)(=O)Cl)CC2=O)c1. The summed E-state index contributed by atoms with van der Waals surface area (Å²) < 4.78 is 22.6. The molecule has 1 saturated heterocycles. The van der Waals surface area contributed by atoms with Gasteiger partial charge in [0.15, 0.2) is 0 Å². The first-order valence-corrected chi connectivity index (χ1v) is 8.42. The Hall–Kier alpha value is -1.07. The van der Waals surface area contributed by atoms with Crippen LogP contribution in [0.2, 0.25) is 0 Å². The second-order valence-electron chi connectivity index (χ2n) is 5.01. The molecule has 1 atom stereocenters. The predicted molar refractivity (Wildman–Crippen MR) is 74.5 cm³/mol. The maximum Gasteiger partial charge on any atom is 0.237 e. The van der Waals surface area contributed by atoms with E-state index in [0.29, 0.717) is 6.54 Å². The monoisotopic (exact) mass is 301 g/mol. The molecule has 0 saturated carbocycles. The zero-order chi connectivity index (χ0) is 14.2. The summed E-state index contributed by atoms with van der Waals surface area (Å²) >= 11 is 0. The third kappa shape index (κ3) is 3.28. The van der Waals surface area contributed by atoms with Crippen LogP contribution in [0.15, 0.2) is 18.2 Å². The number of aryl methyl sites for hydroxylation is 2. The van der Waals surface area contributed by atoms with E-state index in [1.54, 1.807) is 4.90 Å². The lowest BCUT2D eigenvalue weighted by molar-refractivity contribution is -0.128. The van der Waals surface area contributed by atoms with Gasteiger partial charge in [-0.3, -0.25) is 4.79 Å². The van der Waals surface area contributed by atoms with Gasteiger partial charge in [-0.05, 0) is 25.0 Å². The van der Waals surface area contributed by atoms with E-state index in [4.69, 9.17) is 10.7 Å². The van der Waals surface area contributed by atoms with E-state index in [1.807, 2.05) is 32.0 Å². The zero-order valence-corrected chi connectivity index (χ0v) is 12.5. The maximum atomic E-state index is 11.8. The molecule has 4 nitrogen and oxygen atoms in total. The van der Waals surface area contributed by atoms with E-state index in [2.05, 4.69) is 0 Å². The van der Waals surface area contributed by atoms with Gasteiger partial charge in [0.1, 0.15) is 5.25 Å². The molecule has 6 heteroatoms. The van der Waals surface area contributed by atoms with Crippen molar-refractivity contribution >= 4 is 25.6 Å². The zero-order valence-electron chi connectivity index (χ0n) is 10.9. The molecule has 1 aliphatic heterocycles. The van der Waals surface area contributed by atoms with Gasteiger partial charge >= 0.3 is 0 Å². The molecule has 2 rings (SSSR count). The van der Waals surface area contributed by atoms with Crippen LogP contribution in [0.1, 0.15) is 23.1 Å². The van der Waals surface area contributed by atoms with Crippen molar-refractivity contribution in [3.8, 4) is 0 Å². The van der Waals surface area contributed by atoms with Crippen molar-refractivity contribution in [3.05, 3.63) is 34.9 Å². The maximum absolute atomic E-state index is 11.8. The van der Waals surface area contributed by atoms with E-state index in [1.165, 1.54) is 0 Å². The smallest absolute Gasteiger partial charge is 0.237 e. The summed E-state index contributed by atoms with van der Waals surface area (Å²) in [6.45, 7) is 4.58. The van der Waals surface area contributed by atoms with Crippen LogP contribution in [0.5, 0.6) is 0 Å². The molecule has 1 aromatic rings. The normalized spacial score (nSPS) is 20.1. The Labute approximate surface area is 117 Å². The molecule has 0 N–H and O–H groups in total. The van der Waals surface area contributed by atoms with Gasteiger partial charge in [-0.15, -0.1) is 0 Å². The molecular weight excluding hydrogens is 286 g/mol. The van der Waals surface area contributed by atoms with Gasteiger partial charge in [0.2, 0.25) is 15.0 Å². The largest absolute Gasteiger partial charge is 0.337 e. The van der Waals surface area contributed by atoms with Crippen LogP contribution >= 0.6 is 10.7 Å². The Morgan fingerprint density at radius 2 is 2.05 bits per heavy atom. The summed E-state index contributed by atoms with van der Waals surface area (Å²) in [5.74, 6) is -0.157. The molecule has 1 aromatic carbocycles. The highest BCUT2D eigenvalue weighted by molar-refractivity contribution is 8.14. The molecule has 1 heterocycles. The molecule has 19 heavy (non-hydrogen) atoms. The van der Waals surface area contributed by atoms with E-state index >= 15 is 0 Å². The fourth-order valence-electron chi connectivity index (χ4n) is 2.25. The van der Waals surface area contributed by atoms with Gasteiger partial charge in [-0.1, -0.05) is 23.8 Å². The molecule has 0 aliphatic carbocycles. The Balaban J connectivity index is 2.16. The second kappa shape index (κ2) is 5.13. The van der Waals surface area contributed by atoms with Crippen LogP contribution in [0, 0.1) is 13.8 Å². The summed E-state index contributed by atoms with van der Waals surface area (Å²) in [5.41, 5.74) is 3.25. The van der Waals surface area contributed by atoms with Gasteiger partial charge in [0.25, 0.3) is 0 Å². The molecule has 0 radical (unpaired) electrons. The number of amides is 1. The lowest BCUT2D eigenvalue weighted by atomic mass is 10.1. The minimum atomic E-state index is -3.67. The van der Waals surface area contributed by atoms with Crippen LogP contribution in [0.3, 0.4) is 0 Å². The van der Waals surface area contributed by atoms with Crippen LogP contribution in [-0.4, -0.2) is 31.0 Å². The Morgan fingerprint density at radius 1 is 1.37 bits per heavy atom. The van der Waals surface area contributed by atoms with Crippen molar-refractivity contribution in [1.29, 1.82) is 0 Å². The fourth-order valence-corrected chi connectivity index (χ4v) is 3.31. The quantitative estimate of drug-likeness (QED) is 0.802. The third-order valence-corrected chi connectivity index (χ3v) is 5.31. The minimum absolute atomic E-state index is 0.0172.